The lowest BCUT2D eigenvalue weighted by Gasteiger charge is -2.26. The summed E-state index contributed by atoms with van der Waals surface area (Å²) < 4.78 is 19.7. The third-order valence-corrected chi connectivity index (χ3v) is 4.06. The summed E-state index contributed by atoms with van der Waals surface area (Å²) in [6.07, 6.45) is 5.04. The van der Waals surface area contributed by atoms with Gasteiger partial charge in [0, 0.05) is 32.1 Å². The molecule has 2 aromatic rings. The van der Waals surface area contributed by atoms with Gasteiger partial charge < -0.3 is 14.7 Å². The molecule has 6 heteroatoms. The van der Waals surface area contributed by atoms with Gasteiger partial charge in [0.15, 0.2) is 0 Å². The van der Waals surface area contributed by atoms with Crippen molar-refractivity contribution in [3.8, 4) is 5.75 Å². The number of halogens is 1. The summed E-state index contributed by atoms with van der Waals surface area (Å²) >= 11 is 0. The highest BCUT2D eigenvalue weighted by atomic mass is 19.1. The molecule has 1 atom stereocenters. The molecule has 1 amide bonds. The van der Waals surface area contributed by atoms with E-state index < -0.39 is 11.7 Å². The number of phenols is 1. The van der Waals surface area contributed by atoms with Gasteiger partial charge in [-0.15, -0.1) is 0 Å². The van der Waals surface area contributed by atoms with Crippen LogP contribution < -0.4 is 0 Å². The van der Waals surface area contributed by atoms with Crippen molar-refractivity contribution in [2.24, 2.45) is 0 Å². The van der Waals surface area contributed by atoms with Crippen molar-refractivity contribution in [1.82, 2.24) is 9.88 Å². The highest BCUT2D eigenvalue weighted by molar-refractivity contribution is 5.97. The Morgan fingerprint density at radius 1 is 1.33 bits per heavy atom. The van der Waals surface area contributed by atoms with Gasteiger partial charge in [0.2, 0.25) is 0 Å². The molecule has 1 aliphatic heterocycles. The highest BCUT2D eigenvalue weighted by Crippen LogP contribution is 2.24. The number of rotatable bonds is 5. The van der Waals surface area contributed by atoms with Crippen LogP contribution in [-0.2, 0) is 11.3 Å². The molecular weight excluding hydrogens is 311 g/mol. The Morgan fingerprint density at radius 2 is 2.12 bits per heavy atom. The van der Waals surface area contributed by atoms with Gasteiger partial charge in [0.1, 0.15) is 17.1 Å². The Morgan fingerprint density at radius 3 is 2.79 bits per heavy atom. The number of aromatic hydroxyl groups is 1. The van der Waals surface area contributed by atoms with Crippen molar-refractivity contribution < 1.29 is 19.0 Å². The summed E-state index contributed by atoms with van der Waals surface area (Å²) in [6.45, 7) is 1.33. The van der Waals surface area contributed by atoms with Gasteiger partial charge in [-0.1, -0.05) is 6.07 Å². The molecule has 0 unspecified atom stereocenters. The van der Waals surface area contributed by atoms with Gasteiger partial charge >= 0.3 is 0 Å². The van der Waals surface area contributed by atoms with E-state index in [-0.39, 0.29) is 17.4 Å². The Balaban J connectivity index is 1.86. The van der Waals surface area contributed by atoms with Crippen LogP contribution in [0.3, 0.4) is 0 Å². The quantitative estimate of drug-likeness (QED) is 0.916. The van der Waals surface area contributed by atoms with Crippen molar-refractivity contribution in [3.63, 3.8) is 0 Å². The van der Waals surface area contributed by atoms with Crippen LogP contribution in [0.4, 0.5) is 4.39 Å². The van der Waals surface area contributed by atoms with Crippen LogP contribution in [-0.4, -0.2) is 40.2 Å². The molecule has 1 fully saturated rings. The number of hydrogen-bond donors (Lipinski definition) is 1. The Labute approximate surface area is 139 Å². The van der Waals surface area contributed by atoms with Crippen molar-refractivity contribution in [2.45, 2.75) is 25.5 Å². The average Bonchev–Trinajstić information content (AvgIpc) is 3.08. The van der Waals surface area contributed by atoms with E-state index in [1.165, 1.54) is 23.1 Å². The second-order valence-electron chi connectivity index (χ2n) is 5.81. The number of benzene rings is 1. The van der Waals surface area contributed by atoms with Gasteiger partial charge in [0.25, 0.3) is 5.91 Å². The summed E-state index contributed by atoms with van der Waals surface area (Å²) in [7, 11) is 0. The molecule has 1 aromatic carbocycles. The summed E-state index contributed by atoms with van der Waals surface area (Å²) in [5.74, 6) is -1.63. The Hall–Kier alpha value is -2.47. The molecule has 1 N–H and O–H groups in total. The van der Waals surface area contributed by atoms with Crippen molar-refractivity contribution >= 4 is 5.91 Å². The molecule has 126 valence electrons. The van der Waals surface area contributed by atoms with Gasteiger partial charge in [-0.2, -0.15) is 0 Å². The highest BCUT2D eigenvalue weighted by Gasteiger charge is 2.27. The Kier molecular flexibility index (Phi) is 5.05. The molecule has 1 saturated heterocycles. The van der Waals surface area contributed by atoms with E-state index in [9.17, 15) is 14.3 Å². The molecule has 1 aromatic heterocycles. The first-order chi connectivity index (χ1) is 11.6. The standard InChI is InChI=1S/C18H19FN2O3/c19-15-4-1-5-16(22)17(15)18(23)21(12-14-3-2-10-24-14)11-13-6-8-20-9-7-13/h1,4-9,14,22H,2-3,10-12H2/t14-/m1/s1. The number of carbonyl (C=O) groups excluding carboxylic acids is 1. The number of ether oxygens (including phenoxy) is 1. The maximum absolute atomic E-state index is 14.1. The fourth-order valence-corrected chi connectivity index (χ4v) is 2.84. The Bertz CT molecular complexity index is 682. The van der Waals surface area contributed by atoms with E-state index in [1.807, 2.05) is 0 Å². The monoisotopic (exact) mass is 330 g/mol. The number of amides is 1. The van der Waals surface area contributed by atoms with E-state index >= 15 is 0 Å². The molecular formula is C18H19FN2O3. The first kappa shape index (κ1) is 16.4. The van der Waals surface area contributed by atoms with E-state index in [4.69, 9.17) is 4.74 Å². The van der Waals surface area contributed by atoms with Crippen LogP contribution in [0.5, 0.6) is 5.75 Å². The minimum absolute atomic E-state index is 0.0651. The maximum atomic E-state index is 14.1. The van der Waals surface area contributed by atoms with Crippen molar-refractivity contribution in [1.29, 1.82) is 0 Å². The zero-order valence-corrected chi connectivity index (χ0v) is 13.2. The van der Waals surface area contributed by atoms with Gasteiger partial charge in [0.05, 0.1) is 6.10 Å². The van der Waals surface area contributed by atoms with Crippen molar-refractivity contribution in [2.75, 3.05) is 13.2 Å². The summed E-state index contributed by atoms with van der Waals surface area (Å²) in [6, 6.07) is 7.46. The zero-order valence-electron chi connectivity index (χ0n) is 13.2. The van der Waals surface area contributed by atoms with Crippen molar-refractivity contribution in [3.05, 3.63) is 59.7 Å². The second kappa shape index (κ2) is 7.40. The van der Waals surface area contributed by atoms with Crippen LogP contribution in [0.25, 0.3) is 0 Å². The third kappa shape index (κ3) is 3.71. The number of nitrogens with zero attached hydrogens (tertiary/aromatic N) is 2. The lowest BCUT2D eigenvalue weighted by Crippen LogP contribution is -2.37. The normalized spacial score (nSPS) is 17.0. The van der Waals surface area contributed by atoms with E-state index in [0.717, 1.165) is 18.4 Å². The maximum Gasteiger partial charge on any atom is 0.261 e. The molecule has 24 heavy (non-hydrogen) atoms. The number of phenolic OH excluding ortho intramolecular Hbond substituents is 1. The van der Waals surface area contributed by atoms with Crippen LogP contribution in [0.2, 0.25) is 0 Å². The van der Waals surface area contributed by atoms with Gasteiger partial charge in [-0.05, 0) is 42.7 Å². The predicted octanol–water partition coefficient (Wildman–Crippen LogP) is 2.75. The molecule has 1 aliphatic rings. The zero-order chi connectivity index (χ0) is 16.9. The molecule has 0 aliphatic carbocycles. The van der Waals surface area contributed by atoms with Gasteiger partial charge in [-0.3, -0.25) is 9.78 Å². The number of pyridine rings is 1. The van der Waals surface area contributed by atoms with E-state index in [1.54, 1.807) is 24.5 Å². The minimum atomic E-state index is -0.730. The second-order valence-corrected chi connectivity index (χ2v) is 5.81. The van der Waals surface area contributed by atoms with Crippen LogP contribution in [0.1, 0.15) is 28.8 Å². The number of aromatic nitrogens is 1. The molecule has 0 radical (unpaired) electrons. The lowest BCUT2D eigenvalue weighted by atomic mass is 10.1. The topological polar surface area (TPSA) is 62.7 Å². The predicted molar refractivity (Wildman–Crippen MR) is 86.0 cm³/mol. The molecule has 0 saturated carbocycles. The molecule has 0 bridgehead atoms. The largest absolute Gasteiger partial charge is 0.507 e. The summed E-state index contributed by atoms with van der Waals surface area (Å²) in [5, 5.41) is 9.91. The fraction of sp³-hybridized carbons (Fsp3) is 0.333. The smallest absolute Gasteiger partial charge is 0.261 e. The summed E-state index contributed by atoms with van der Waals surface area (Å²) in [5.41, 5.74) is 0.580. The first-order valence-corrected chi connectivity index (χ1v) is 7.92. The van der Waals surface area contributed by atoms with Crippen LogP contribution in [0, 0.1) is 5.82 Å². The van der Waals surface area contributed by atoms with Crippen LogP contribution >= 0.6 is 0 Å². The van der Waals surface area contributed by atoms with E-state index in [2.05, 4.69) is 4.98 Å². The molecule has 3 rings (SSSR count). The molecule has 5 nitrogen and oxygen atoms in total. The minimum Gasteiger partial charge on any atom is -0.507 e. The summed E-state index contributed by atoms with van der Waals surface area (Å²) in [4.78, 5) is 18.3. The number of carbonyl (C=O) groups is 1. The lowest BCUT2D eigenvalue weighted by molar-refractivity contribution is 0.0501. The molecule has 2 heterocycles. The van der Waals surface area contributed by atoms with Crippen LogP contribution in [0.15, 0.2) is 42.7 Å². The SMILES string of the molecule is O=C(c1c(O)cccc1F)N(Cc1ccncc1)C[C@H]1CCCO1. The number of hydrogen-bond acceptors (Lipinski definition) is 4. The average molecular weight is 330 g/mol. The first-order valence-electron chi connectivity index (χ1n) is 7.92. The third-order valence-electron chi connectivity index (χ3n) is 4.06. The fourth-order valence-electron chi connectivity index (χ4n) is 2.84. The van der Waals surface area contributed by atoms with E-state index in [0.29, 0.717) is 19.7 Å². The van der Waals surface area contributed by atoms with Gasteiger partial charge in [-0.25, -0.2) is 4.39 Å². The molecule has 0 spiro atoms.